The first-order valence-electron chi connectivity index (χ1n) is 6.19. The van der Waals surface area contributed by atoms with Gasteiger partial charge in [-0.15, -0.1) is 0 Å². The lowest BCUT2D eigenvalue weighted by molar-refractivity contribution is -0.151. The summed E-state index contributed by atoms with van der Waals surface area (Å²) in [5.74, 6) is -0.396. The lowest BCUT2D eigenvalue weighted by atomic mass is 9.92. The van der Waals surface area contributed by atoms with Gasteiger partial charge in [-0.3, -0.25) is 9.59 Å². The number of rotatable bonds is 9. The molecule has 0 aliphatic heterocycles. The molecule has 0 saturated heterocycles. The van der Waals surface area contributed by atoms with Gasteiger partial charge in [0.25, 0.3) is 0 Å². The summed E-state index contributed by atoms with van der Waals surface area (Å²) in [6.07, 6.45) is 8.21. The minimum absolute atomic E-state index is 0.396. The third kappa shape index (κ3) is 5.89. The van der Waals surface area contributed by atoms with E-state index in [0.717, 1.165) is 32.1 Å². The molecule has 0 aromatic rings. The number of ether oxygens (including phenoxy) is 1. The average molecular weight is 227 g/mol. The molecule has 0 fully saturated rings. The summed E-state index contributed by atoms with van der Waals surface area (Å²) in [6.45, 7) is 5.45. The fraction of sp³-hybridized carbons (Fsp3) is 0.846. The predicted octanol–water partition coefficient (Wildman–Crippen LogP) is 3.17. The molecule has 1 atom stereocenters. The van der Waals surface area contributed by atoms with Crippen molar-refractivity contribution < 1.29 is 14.3 Å². The summed E-state index contributed by atoms with van der Waals surface area (Å²) in [7, 11) is 0. The van der Waals surface area contributed by atoms with E-state index in [1.807, 2.05) is 13.2 Å². The van der Waals surface area contributed by atoms with Gasteiger partial charge >= 0.3 is 5.97 Å². The van der Waals surface area contributed by atoms with E-state index in [2.05, 4.69) is 6.92 Å². The number of carbonyl (C=O) groups is 1. The largest absolute Gasteiger partial charge is 0.451 e. The molecule has 0 N–H and O–H groups in total. The van der Waals surface area contributed by atoms with Crippen LogP contribution < -0.4 is 0 Å². The summed E-state index contributed by atoms with van der Waals surface area (Å²) < 4.78 is 5.15. The molecule has 93 valence electrons. The van der Waals surface area contributed by atoms with Crippen LogP contribution in [0.1, 0.15) is 65.7 Å². The van der Waals surface area contributed by atoms with Crippen LogP contribution >= 0.6 is 0 Å². The van der Waals surface area contributed by atoms with Crippen molar-refractivity contribution in [2.24, 2.45) is 0 Å². The number of hydrogen-bond donors (Lipinski definition) is 0. The van der Waals surface area contributed by atoms with Gasteiger partial charge in [-0.1, -0.05) is 39.5 Å². The molecule has 0 aliphatic carbocycles. The Morgan fingerprint density at radius 2 is 1.81 bits per heavy atom. The number of carbonyl (C=O) groups excluding carboxylic acids is 2. The third-order valence-electron chi connectivity index (χ3n) is 2.61. The monoisotopic (exact) mass is 227 g/mol. The van der Waals surface area contributed by atoms with Gasteiger partial charge < -0.3 is 4.74 Å². The fourth-order valence-corrected chi connectivity index (χ4v) is 1.87. The topological polar surface area (TPSA) is 43.4 Å². The summed E-state index contributed by atoms with van der Waals surface area (Å²) in [4.78, 5) is 22.0. The normalized spacial score (nSPS) is 14.2. The minimum atomic E-state index is -0.992. The second-order valence-electron chi connectivity index (χ2n) is 4.25. The van der Waals surface area contributed by atoms with Crippen LogP contribution in [-0.4, -0.2) is 17.9 Å². The van der Waals surface area contributed by atoms with Crippen molar-refractivity contribution in [1.29, 1.82) is 0 Å². The van der Waals surface area contributed by atoms with Crippen molar-refractivity contribution >= 4 is 12.3 Å². The molecule has 0 spiro atoms. The molecular weight excluding hydrogens is 204 g/mol. The average Bonchev–Trinajstić information content (AvgIpc) is 2.24. The van der Waals surface area contributed by atoms with Gasteiger partial charge in [0.2, 0.25) is 6.29 Å². The van der Waals surface area contributed by atoms with E-state index >= 15 is 0 Å². The summed E-state index contributed by atoms with van der Waals surface area (Å²) in [6, 6.07) is 0. The molecule has 3 nitrogen and oxygen atoms in total. The predicted molar refractivity (Wildman–Crippen MR) is 63.9 cm³/mol. The third-order valence-corrected chi connectivity index (χ3v) is 2.61. The van der Waals surface area contributed by atoms with Crippen LogP contribution in [0.3, 0.4) is 0 Å². The zero-order chi connectivity index (χ0) is 12.4. The highest BCUT2D eigenvalue weighted by molar-refractivity contribution is 5.73. The van der Waals surface area contributed by atoms with E-state index in [4.69, 9.17) is 4.74 Å². The standard InChI is InChI=1S/C13H23O3/c1-4-6-7-8-10-13(11-14,9-5-2)16-12(3)15/h4-10H2,1-3H3. The van der Waals surface area contributed by atoms with Crippen LogP contribution in [0.15, 0.2) is 0 Å². The Morgan fingerprint density at radius 3 is 2.25 bits per heavy atom. The molecular formula is C13H23O3. The fourth-order valence-electron chi connectivity index (χ4n) is 1.87. The van der Waals surface area contributed by atoms with Gasteiger partial charge in [0, 0.05) is 6.92 Å². The molecule has 0 amide bonds. The first-order valence-corrected chi connectivity index (χ1v) is 6.19. The van der Waals surface area contributed by atoms with Gasteiger partial charge in [-0.25, -0.2) is 0 Å². The van der Waals surface area contributed by atoms with Crippen LogP contribution in [0.2, 0.25) is 0 Å². The molecule has 16 heavy (non-hydrogen) atoms. The van der Waals surface area contributed by atoms with Crippen molar-refractivity contribution in [3.05, 3.63) is 0 Å². The summed E-state index contributed by atoms with van der Waals surface area (Å²) >= 11 is 0. The summed E-state index contributed by atoms with van der Waals surface area (Å²) in [5.41, 5.74) is -0.992. The molecule has 0 rings (SSSR count). The molecule has 1 unspecified atom stereocenters. The lowest BCUT2D eigenvalue weighted by Crippen LogP contribution is -2.36. The van der Waals surface area contributed by atoms with E-state index in [1.54, 1.807) is 0 Å². The highest BCUT2D eigenvalue weighted by Crippen LogP contribution is 2.24. The second kappa shape index (κ2) is 8.31. The minimum Gasteiger partial charge on any atom is -0.451 e. The van der Waals surface area contributed by atoms with E-state index in [-0.39, 0.29) is 0 Å². The molecule has 0 heterocycles. The van der Waals surface area contributed by atoms with Gasteiger partial charge in [-0.2, -0.15) is 0 Å². The van der Waals surface area contributed by atoms with Gasteiger partial charge in [0.05, 0.1) is 0 Å². The van der Waals surface area contributed by atoms with Crippen LogP contribution in [0, 0.1) is 0 Å². The van der Waals surface area contributed by atoms with Gasteiger partial charge in [0.1, 0.15) is 0 Å². The zero-order valence-electron chi connectivity index (χ0n) is 10.7. The van der Waals surface area contributed by atoms with Crippen molar-refractivity contribution in [3.8, 4) is 0 Å². The van der Waals surface area contributed by atoms with E-state index in [1.165, 1.54) is 6.92 Å². The lowest BCUT2D eigenvalue weighted by Gasteiger charge is -2.26. The van der Waals surface area contributed by atoms with Gasteiger partial charge in [0.15, 0.2) is 5.60 Å². The van der Waals surface area contributed by atoms with Crippen molar-refractivity contribution in [2.45, 2.75) is 71.3 Å². The maximum atomic E-state index is 11.0. The maximum Gasteiger partial charge on any atom is 0.303 e. The van der Waals surface area contributed by atoms with E-state index in [9.17, 15) is 9.59 Å². The molecule has 0 aromatic heterocycles. The number of esters is 1. The SMILES string of the molecule is CCCCCCC([C]=O)(CCC)OC(C)=O. The smallest absolute Gasteiger partial charge is 0.303 e. The molecule has 0 bridgehead atoms. The van der Waals surface area contributed by atoms with Crippen molar-refractivity contribution in [2.75, 3.05) is 0 Å². The van der Waals surface area contributed by atoms with E-state index < -0.39 is 11.6 Å². The summed E-state index contributed by atoms with van der Waals surface area (Å²) in [5, 5.41) is 0. The molecule has 0 aliphatic rings. The molecule has 0 saturated carbocycles. The Balaban J connectivity index is 4.26. The van der Waals surface area contributed by atoms with Crippen LogP contribution in [0.25, 0.3) is 0 Å². The van der Waals surface area contributed by atoms with Crippen molar-refractivity contribution in [1.82, 2.24) is 0 Å². The first kappa shape index (κ1) is 15.1. The van der Waals surface area contributed by atoms with Crippen LogP contribution in [0.4, 0.5) is 0 Å². The Morgan fingerprint density at radius 1 is 1.12 bits per heavy atom. The highest BCUT2D eigenvalue weighted by atomic mass is 16.6. The second-order valence-corrected chi connectivity index (χ2v) is 4.25. The molecule has 3 heteroatoms. The molecule has 0 aromatic carbocycles. The zero-order valence-corrected chi connectivity index (χ0v) is 10.7. The maximum absolute atomic E-state index is 11.0. The van der Waals surface area contributed by atoms with Gasteiger partial charge in [-0.05, 0) is 19.3 Å². The van der Waals surface area contributed by atoms with E-state index in [0.29, 0.717) is 12.8 Å². The first-order chi connectivity index (χ1) is 7.60. The number of hydrogen-bond acceptors (Lipinski definition) is 3. The Labute approximate surface area is 98.6 Å². The number of unbranched alkanes of at least 4 members (excludes halogenated alkanes) is 3. The van der Waals surface area contributed by atoms with Crippen LogP contribution in [0.5, 0.6) is 0 Å². The molecule has 1 radical (unpaired) electrons. The highest BCUT2D eigenvalue weighted by Gasteiger charge is 2.32. The Hall–Kier alpha value is -0.860. The van der Waals surface area contributed by atoms with Crippen LogP contribution in [-0.2, 0) is 14.3 Å². The Bertz CT molecular complexity index is 213. The Kier molecular flexibility index (Phi) is 7.86. The quantitative estimate of drug-likeness (QED) is 0.449. The van der Waals surface area contributed by atoms with Crippen molar-refractivity contribution in [3.63, 3.8) is 0 Å².